The lowest BCUT2D eigenvalue weighted by Crippen LogP contribution is -2.41. The Hall–Kier alpha value is -1.06. The lowest BCUT2D eigenvalue weighted by atomic mass is 9.65. The fraction of sp³-hybridized carbons (Fsp3) is 0.867. The van der Waals surface area contributed by atoms with Crippen molar-refractivity contribution in [3.05, 3.63) is 0 Å². The Morgan fingerprint density at radius 2 is 1.95 bits per heavy atom. The van der Waals surface area contributed by atoms with Gasteiger partial charge in [-0.25, -0.2) is 4.79 Å². The lowest BCUT2D eigenvalue weighted by Gasteiger charge is -2.41. The molecule has 0 N–H and O–H groups in total. The molecule has 0 spiro atoms. The Labute approximate surface area is 113 Å². The fourth-order valence-corrected chi connectivity index (χ4v) is 3.81. The molecule has 0 aromatic rings. The summed E-state index contributed by atoms with van der Waals surface area (Å²) in [4.78, 5) is 24.0. The summed E-state index contributed by atoms with van der Waals surface area (Å²) in [6.45, 7) is 4.15. The predicted molar refractivity (Wildman–Crippen MR) is 68.2 cm³/mol. The molecule has 3 saturated carbocycles. The average molecular weight is 266 g/mol. The SMILES string of the molecule is CC1(C)COC(=O)[C@@H]1OC(=O)C1CC2CCC1CC2. The molecule has 4 nitrogen and oxygen atoms in total. The van der Waals surface area contributed by atoms with E-state index in [1.807, 2.05) is 13.8 Å². The van der Waals surface area contributed by atoms with Gasteiger partial charge in [0.15, 0.2) is 0 Å². The van der Waals surface area contributed by atoms with Gasteiger partial charge in [0.05, 0.1) is 5.92 Å². The van der Waals surface area contributed by atoms with Gasteiger partial charge in [0.2, 0.25) is 6.10 Å². The molecule has 2 bridgehead atoms. The van der Waals surface area contributed by atoms with Crippen LogP contribution in [0.4, 0.5) is 0 Å². The van der Waals surface area contributed by atoms with Gasteiger partial charge in [-0.15, -0.1) is 0 Å². The third kappa shape index (κ3) is 2.26. The normalized spacial score (nSPS) is 40.0. The number of hydrogen-bond acceptors (Lipinski definition) is 4. The molecule has 0 aromatic carbocycles. The number of ether oxygens (including phenoxy) is 2. The number of esters is 2. The predicted octanol–water partition coefficient (Wildman–Crippen LogP) is 2.31. The molecule has 4 aliphatic rings. The first-order valence-corrected chi connectivity index (χ1v) is 7.34. The van der Waals surface area contributed by atoms with Gasteiger partial charge in [-0.05, 0) is 31.1 Å². The molecule has 19 heavy (non-hydrogen) atoms. The highest BCUT2D eigenvalue weighted by molar-refractivity contribution is 5.82. The van der Waals surface area contributed by atoms with Gasteiger partial charge >= 0.3 is 11.9 Å². The summed E-state index contributed by atoms with van der Waals surface area (Å²) < 4.78 is 10.5. The van der Waals surface area contributed by atoms with Gasteiger partial charge in [0, 0.05) is 5.41 Å². The molecule has 3 aliphatic carbocycles. The van der Waals surface area contributed by atoms with Crippen LogP contribution >= 0.6 is 0 Å². The van der Waals surface area contributed by atoms with Gasteiger partial charge < -0.3 is 9.47 Å². The van der Waals surface area contributed by atoms with Crippen molar-refractivity contribution in [2.24, 2.45) is 23.2 Å². The number of rotatable bonds is 2. The quantitative estimate of drug-likeness (QED) is 0.720. The Balaban J connectivity index is 1.67. The zero-order valence-corrected chi connectivity index (χ0v) is 11.7. The molecule has 4 fully saturated rings. The van der Waals surface area contributed by atoms with E-state index in [-0.39, 0.29) is 17.9 Å². The molecule has 4 heteroatoms. The van der Waals surface area contributed by atoms with Crippen LogP contribution in [0.25, 0.3) is 0 Å². The van der Waals surface area contributed by atoms with Crippen LogP contribution in [0.3, 0.4) is 0 Å². The monoisotopic (exact) mass is 266 g/mol. The van der Waals surface area contributed by atoms with Crippen molar-refractivity contribution in [1.29, 1.82) is 0 Å². The molecule has 106 valence electrons. The van der Waals surface area contributed by atoms with Crippen LogP contribution in [0.15, 0.2) is 0 Å². The van der Waals surface area contributed by atoms with E-state index >= 15 is 0 Å². The summed E-state index contributed by atoms with van der Waals surface area (Å²) in [6, 6.07) is 0. The van der Waals surface area contributed by atoms with Crippen molar-refractivity contribution in [1.82, 2.24) is 0 Å². The van der Waals surface area contributed by atoms with E-state index in [2.05, 4.69) is 0 Å². The van der Waals surface area contributed by atoms with Gasteiger partial charge in [-0.2, -0.15) is 0 Å². The molecular weight excluding hydrogens is 244 g/mol. The smallest absolute Gasteiger partial charge is 0.348 e. The Morgan fingerprint density at radius 1 is 1.26 bits per heavy atom. The average Bonchev–Trinajstić information content (AvgIpc) is 2.67. The van der Waals surface area contributed by atoms with E-state index in [0.29, 0.717) is 18.4 Å². The first-order chi connectivity index (χ1) is 8.97. The Kier molecular flexibility index (Phi) is 3.06. The largest absolute Gasteiger partial charge is 0.462 e. The minimum atomic E-state index is -0.722. The van der Waals surface area contributed by atoms with E-state index in [1.54, 1.807) is 0 Å². The van der Waals surface area contributed by atoms with E-state index in [0.717, 1.165) is 19.3 Å². The van der Waals surface area contributed by atoms with Crippen LogP contribution in [0.5, 0.6) is 0 Å². The van der Waals surface area contributed by atoms with Crippen LogP contribution in [0, 0.1) is 23.2 Å². The van der Waals surface area contributed by atoms with Crippen molar-refractivity contribution in [3.8, 4) is 0 Å². The number of cyclic esters (lactones) is 1. The number of fused-ring (bicyclic) bond motifs is 3. The first kappa shape index (κ1) is 12.9. The van der Waals surface area contributed by atoms with E-state index in [4.69, 9.17) is 9.47 Å². The molecule has 1 saturated heterocycles. The maximum absolute atomic E-state index is 12.3. The van der Waals surface area contributed by atoms with Crippen molar-refractivity contribution in [3.63, 3.8) is 0 Å². The third-order valence-electron chi connectivity index (χ3n) is 5.09. The summed E-state index contributed by atoms with van der Waals surface area (Å²) >= 11 is 0. The zero-order chi connectivity index (χ0) is 13.6. The molecule has 1 unspecified atom stereocenters. The van der Waals surface area contributed by atoms with Gasteiger partial charge in [-0.3, -0.25) is 4.79 Å². The molecule has 1 aliphatic heterocycles. The molecular formula is C15H22O4. The molecule has 0 amide bonds. The highest BCUT2D eigenvalue weighted by Gasteiger charge is 2.48. The summed E-state index contributed by atoms with van der Waals surface area (Å²) in [5.41, 5.74) is -0.402. The summed E-state index contributed by atoms with van der Waals surface area (Å²) in [7, 11) is 0. The number of hydrogen-bond donors (Lipinski definition) is 0. The molecule has 1 heterocycles. The van der Waals surface area contributed by atoms with Crippen LogP contribution in [0.2, 0.25) is 0 Å². The number of carbonyl (C=O) groups is 2. The Morgan fingerprint density at radius 3 is 2.42 bits per heavy atom. The van der Waals surface area contributed by atoms with Crippen LogP contribution in [-0.2, 0) is 19.1 Å². The maximum atomic E-state index is 12.3. The molecule has 0 radical (unpaired) electrons. The zero-order valence-electron chi connectivity index (χ0n) is 11.7. The number of carbonyl (C=O) groups excluding carboxylic acids is 2. The van der Waals surface area contributed by atoms with Crippen LogP contribution in [-0.4, -0.2) is 24.6 Å². The standard InChI is InChI=1S/C15H22O4/c1-15(2)8-18-14(17)12(15)19-13(16)11-7-9-3-5-10(11)6-4-9/h9-12H,3-8H2,1-2H3/t9?,10?,11?,12-/m0/s1. The summed E-state index contributed by atoms with van der Waals surface area (Å²) in [6.07, 6.45) is 5.02. The maximum Gasteiger partial charge on any atom is 0.348 e. The van der Waals surface area contributed by atoms with E-state index in [9.17, 15) is 9.59 Å². The van der Waals surface area contributed by atoms with E-state index in [1.165, 1.54) is 12.8 Å². The van der Waals surface area contributed by atoms with E-state index < -0.39 is 11.5 Å². The minimum Gasteiger partial charge on any atom is -0.462 e. The van der Waals surface area contributed by atoms with Crippen molar-refractivity contribution in [2.75, 3.05) is 6.61 Å². The lowest BCUT2D eigenvalue weighted by molar-refractivity contribution is -0.170. The Bertz CT molecular complexity index is 393. The van der Waals surface area contributed by atoms with Crippen molar-refractivity contribution < 1.29 is 19.1 Å². The highest BCUT2D eigenvalue weighted by atomic mass is 16.6. The molecule has 0 aromatic heterocycles. The third-order valence-corrected chi connectivity index (χ3v) is 5.09. The van der Waals surface area contributed by atoms with Crippen molar-refractivity contribution in [2.45, 2.75) is 52.1 Å². The van der Waals surface area contributed by atoms with Crippen LogP contribution in [0.1, 0.15) is 46.0 Å². The fourth-order valence-electron chi connectivity index (χ4n) is 3.81. The topological polar surface area (TPSA) is 52.6 Å². The second kappa shape index (κ2) is 4.50. The van der Waals surface area contributed by atoms with Gasteiger partial charge in [0.1, 0.15) is 6.61 Å². The summed E-state index contributed by atoms with van der Waals surface area (Å²) in [5.74, 6) is 0.603. The molecule has 2 atom stereocenters. The second-order valence-electron chi connectivity index (χ2n) is 7.04. The first-order valence-electron chi connectivity index (χ1n) is 7.34. The summed E-state index contributed by atoms with van der Waals surface area (Å²) in [5, 5.41) is 0. The van der Waals surface area contributed by atoms with Gasteiger partial charge in [-0.1, -0.05) is 26.7 Å². The second-order valence-corrected chi connectivity index (χ2v) is 7.04. The van der Waals surface area contributed by atoms with Gasteiger partial charge in [0.25, 0.3) is 0 Å². The minimum absolute atomic E-state index is 0.0108. The molecule has 4 rings (SSSR count). The van der Waals surface area contributed by atoms with Crippen LogP contribution < -0.4 is 0 Å². The highest BCUT2D eigenvalue weighted by Crippen LogP contribution is 2.46. The van der Waals surface area contributed by atoms with Crippen molar-refractivity contribution >= 4 is 11.9 Å².